The van der Waals surface area contributed by atoms with Crippen LogP contribution in [0.2, 0.25) is 0 Å². The summed E-state index contributed by atoms with van der Waals surface area (Å²) in [4.78, 5) is 0.775. The van der Waals surface area contributed by atoms with Crippen LogP contribution in [0.15, 0.2) is 29.2 Å². The minimum Gasteiger partial charge on any atom is -0.611 e. The van der Waals surface area contributed by atoms with Crippen molar-refractivity contribution in [3.8, 4) is 0 Å². The van der Waals surface area contributed by atoms with E-state index < -0.39 is 18.3 Å². The third-order valence-corrected chi connectivity index (χ3v) is 4.05. The topological polar surface area (TPSA) is 63.5 Å². The molecule has 1 unspecified atom stereocenters. The van der Waals surface area contributed by atoms with Gasteiger partial charge >= 0.3 is 7.12 Å². The van der Waals surface area contributed by atoms with Crippen LogP contribution in [0.1, 0.15) is 12.8 Å². The first-order valence-corrected chi connectivity index (χ1v) is 5.76. The Hall–Kier alpha value is -0.485. The summed E-state index contributed by atoms with van der Waals surface area (Å²) in [6, 6.07) is 6.59. The first-order valence-electron chi connectivity index (χ1n) is 4.55. The van der Waals surface area contributed by atoms with Gasteiger partial charge in [-0.1, -0.05) is 12.1 Å². The highest BCUT2D eigenvalue weighted by Crippen LogP contribution is 2.32. The van der Waals surface area contributed by atoms with Crippen molar-refractivity contribution < 1.29 is 14.6 Å². The van der Waals surface area contributed by atoms with Crippen LogP contribution in [0.4, 0.5) is 0 Å². The maximum absolute atomic E-state index is 11.7. The van der Waals surface area contributed by atoms with E-state index in [0.717, 1.165) is 17.7 Å². The molecule has 0 aliphatic heterocycles. The Bertz CT molecular complexity index is 310. The molecule has 1 aliphatic rings. The fourth-order valence-corrected chi connectivity index (χ4v) is 2.60. The molecule has 3 nitrogen and oxygen atoms in total. The first kappa shape index (κ1) is 10.0. The molecule has 1 saturated carbocycles. The molecule has 0 bridgehead atoms. The molecule has 2 N–H and O–H groups in total. The zero-order chi connectivity index (χ0) is 10.1. The van der Waals surface area contributed by atoms with Crippen molar-refractivity contribution in [3.05, 3.63) is 24.3 Å². The van der Waals surface area contributed by atoms with E-state index in [2.05, 4.69) is 0 Å². The standard InChI is InChI=1S/C9H11BO3S/c11-10(12)7-1-3-8(4-2-7)14(13)9-5-6-9/h1-4,9,11-12H,5-6H2. The van der Waals surface area contributed by atoms with Crippen molar-refractivity contribution in [2.75, 3.05) is 0 Å². The number of hydrogen-bond donors (Lipinski definition) is 2. The molecule has 0 amide bonds. The second kappa shape index (κ2) is 3.94. The van der Waals surface area contributed by atoms with Gasteiger partial charge in [0.25, 0.3) is 0 Å². The molecule has 1 aromatic carbocycles. The highest BCUT2D eigenvalue weighted by molar-refractivity contribution is 7.92. The van der Waals surface area contributed by atoms with Crippen LogP contribution in [0.25, 0.3) is 0 Å². The van der Waals surface area contributed by atoms with E-state index in [1.165, 1.54) is 0 Å². The Labute approximate surface area is 86.1 Å². The van der Waals surface area contributed by atoms with Crippen LogP contribution in [-0.2, 0) is 11.2 Å². The minimum atomic E-state index is -1.45. The normalized spacial score (nSPS) is 17.9. The maximum Gasteiger partial charge on any atom is 0.488 e. The van der Waals surface area contributed by atoms with E-state index in [-0.39, 0.29) is 0 Å². The minimum absolute atomic E-state index is 0.319. The second-order valence-corrected chi connectivity index (χ2v) is 5.17. The lowest BCUT2D eigenvalue weighted by molar-refractivity contribution is 0.425. The van der Waals surface area contributed by atoms with Gasteiger partial charge in [0.05, 0.1) is 0 Å². The highest BCUT2D eigenvalue weighted by Gasteiger charge is 2.35. The van der Waals surface area contributed by atoms with Gasteiger partial charge in [-0.05, 0) is 28.8 Å². The van der Waals surface area contributed by atoms with Crippen molar-refractivity contribution in [2.24, 2.45) is 0 Å². The lowest BCUT2D eigenvalue weighted by Gasteiger charge is -2.09. The van der Waals surface area contributed by atoms with Crippen LogP contribution >= 0.6 is 0 Å². The zero-order valence-corrected chi connectivity index (χ0v) is 8.41. The predicted molar refractivity (Wildman–Crippen MR) is 55.7 cm³/mol. The van der Waals surface area contributed by atoms with Crippen LogP contribution in [0.3, 0.4) is 0 Å². The van der Waals surface area contributed by atoms with E-state index in [0.29, 0.717) is 10.7 Å². The number of benzene rings is 1. The third kappa shape index (κ3) is 2.12. The Balaban J connectivity index is 2.12. The van der Waals surface area contributed by atoms with Gasteiger partial charge in [0.15, 0.2) is 4.90 Å². The van der Waals surface area contributed by atoms with Gasteiger partial charge in [-0.3, -0.25) is 0 Å². The van der Waals surface area contributed by atoms with E-state index >= 15 is 0 Å². The molecule has 0 spiro atoms. The Kier molecular flexibility index (Phi) is 2.83. The number of hydrogen-bond acceptors (Lipinski definition) is 3. The summed E-state index contributed by atoms with van der Waals surface area (Å²) >= 11 is -0.909. The van der Waals surface area contributed by atoms with E-state index in [1.807, 2.05) is 0 Å². The fourth-order valence-electron chi connectivity index (χ4n) is 1.25. The van der Waals surface area contributed by atoms with Gasteiger partial charge < -0.3 is 14.6 Å². The van der Waals surface area contributed by atoms with E-state index in [9.17, 15) is 4.55 Å². The molecule has 0 heterocycles. The Morgan fingerprint density at radius 2 is 1.79 bits per heavy atom. The van der Waals surface area contributed by atoms with Crippen LogP contribution in [0.5, 0.6) is 0 Å². The highest BCUT2D eigenvalue weighted by atomic mass is 32.2. The molecule has 0 aromatic heterocycles. The summed E-state index contributed by atoms with van der Waals surface area (Å²) < 4.78 is 11.7. The smallest absolute Gasteiger partial charge is 0.488 e. The van der Waals surface area contributed by atoms with Gasteiger partial charge in [0, 0.05) is 12.8 Å². The lowest BCUT2D eigenvalue weighted by atomic mass is 9.81. The molecule has 1 fully saturated rings. The lowest BCUT2D eigenvalue weighted by Crippen LogP contribution is -2.29. The molecule has 74 valence electrons. The molecular formula is C9H11BO3S. The van der Waals surface area contributed by atoms with E-state index in [4.69, 9.17) is 10.0 Å². The quantitative estimate of drug-likeness (QED) is 0.528. The van der Waals surface area contributed by atoms with Gasteiger partial charge in [-0.15, -0.1) is 0 Å². The average Bonchev–Trinajstić information content (AvgIpc) is 3.00. The maximum atomic E-state index is 11.7. The molecule has 2 rings (SSSR count). The first-order chi connectivity index (χ1) is 6.68. The summed E-state index contributed by atoms with van der Waals surface area (Å²) in [7, 11) is -1.45. The van der Waals surface area contributed by atoms with Gasteiger partial charge in [-0.2, -0.15) is 0 Å². The van der Waals surface area contributed by atoms with Gasteiger partial charge in [0.2, 0.25) is 0 Å². The second-order valence-electron chi connectivity index (χ2n) is 3.44. The molecule has 1 aliphatic carbocycles. The Morgan fingerprint density at radius 3 is 2.21 bits per heavy atom. The van der Waals surface area contributed by atoms with Gasteiger partial charge in [0.1, 0.15) is 5.25 Å². The molecular weight excluding hydrogens is 199 g/mol. The molecule has 0 radical (unpaired) electrons. The van der Waals surface area contributed by atoms with Crippen molar-refractivity contribution >= 4 is 23.8 Å². The summed E-state index contributed by atoms with van der Waals surface area (Å²) in [6.07, 6.45) is 2.08. The van der Waals surface area contributed by atoms with Crippen LogP contribution in [-0.4, -0.2) is 27.0 Å². The Morgan fingerprint density at radius 1 is 1.21 bits per heavy atom. The van der Waals surface area contributed by atoms with E-state index in [1.54, 1.807) is 24.3 Å². The summed E-state index contributed by atoms with van der Waals surface area (Å²) in [6.45, 7) is 0. The average molecular weight is 210 g/mol. The molecule has 5 heteroatoms. The van der Waals surface area contributed by atoms with Crippen LogP contribution < -0.4 is 5.46 Å². The molecule has 0 saturated heterocycles. The van der Waals surface area contributed by atoms with Crippen LogP contribution in [0, 0.1) is 0 Å². The van der Waals surface area contributed by atoms with Crippen molar-refractivity contribution in [1.29, 1.82) is 0 Å². The summed E-state index contributed by atoms with van der Waals surface area (Å²) in [5, 5.41) is 18.0. The SMILES string of the molecule is [O-][S+](c1ccc(B(O)O)cc1)C1CC1. The largest absolute Gasteiger partial charge is 0.611 e. The monoisotopic (exact) mass is 210 g/mol. The summed E-state index contributed by atoms with van der Waals surface area (Å²) in [5.74, 6) is 0. The summed E-state index contributed by atoms with van der Waals surface area (Å²) in [5.41, 5.74) is 0.432. The zero-order valence-electron chi connectivity index (χ0n) is 7.59. The van der Waals surface area contributed by atoms with Crippen molar-refractivity contribution in [1.82, 2.24) is 0 Å². The fraction of sp³-hybridized carbons (Fsp3) is 0.333. The third-order valence-electron chi connectivity index (χ3n) is 2.24. The molecule has 14 heavy (non-hydrogen) atoms. The van der Waals surface area contributed by atoms with Crippen molar-refractivity contribution in [3.63, 3.8) is 0 Å². The number of rotatable bonds is 3. The molecule has 1 aromatic rings. The predicted octanol–water partition coefficient (Wildman–Crippen LogP) is -0.364. The van der Waals surface area contributed by atoms with Gasteiger partial charge in [-0.25, -0.2) is 0 Å². The molecule has 1 atom stereocenters. The van der Waals surface area contributed by atoms with Crippen molar-refractivity contribution in [2.45, 2.75) is 23.0 Å².